The highest BCUT2D eigenvalue weighted by atomic mass is 32.2. The number of amides is 1. The zero-order chi connectivity index (χ0) is 23.5. The zero-order valence-corrected chi connectivity index (χ0v) is 18.8. The van der Waals surface area contributed by atoms with E-state index in [0.717, 1.165) is 23.3 Å². The third-order valence-electron chi connectivity index (χ3n) is 5.59. The average Bonchev–Trinajstić information content (AvgIpc) is 2.75. The van der Waals surface area contributed by atoms with Crippen LogP contribution in [0, 0.1) is 13.8 Å². The van der Waals surface area contributed by atoms with Crippen LogP contribution in [0.2, 0.25) is 0 Å². The van der Waals surface area contributed by atoms with E-state index in [2.05, 4.69) is 4.72 Å². The Morgan fingerprint density at radius 1 is 1.00 bits per heavy atom. The molecule has 1 heterocycles. The summed E-state index contributed by atoms with van der Waals surface area (Å²) in [5.74, 6) is -0.198. The van der Waals surface area contributed by atoms with Crippen molar-refractivity contribution in [3.63, 3.8) is 0 Å². The summed E-state index contributed by atoms with van der Waals surface area (Å²) < 4.78 is 66.1. The van der Waals surface area contributed by atoms with Crippen LogP contribution in [0.15, 0.2) is 47.4 Å². The summed E-state index contributed by atoms with van der Waals surface area (Å²) in [6, 6.07) is 9.98. The summed E-state index contributed by atoms with van der Waals surface area (Å²) in [5.41, 5.74) is 1.61. The maximum atomic E-state index is 12.9. The second-order valence-electron chi connectivity index (χ2n) is 7.81. The molecule has 1 amide bonds. The number of benzene rings is 2. The standard InChI is InChI=1S/C22H26F3N3O3S/c1-16-6-7-20(14-17(16)2)32(30,31)26-9-8-21(29)28-12-10-27(11-13-28)19-5-3-4-18(15-19)22(23,24)25/h3-7,14-15,26H,8-13H2,1-2H3. The molecule has 0 unspecified atom stereocenters. The van der Waals surface area contributed by atoms with Crippen molar-refractivity contribution in [2.24, 2.45) is 0 Å². The van der Waals surface area contributed by atoms with Gasteiger partial charge in [0, 0.05) is 44.8 Å². The minimum absolute atomic E-state index is 0.00757. The molecule has 32 heavy (non-hydrogen) atoms. The van der Waals surface area contributed by atoms with Crippen LogP contribution in [0.25, 0.3) is 0 Å². The quantitative estimate of drug-likeness (QED) is 0.705. The second kappa shape index (κ2) is 9.50. The van der Waals surface area contributed by atoms with E-state index in [1.165, 1.54) is 12.1 Å². The number of anilines is 1. The normalized spacial score (nSPS) is 15.2. The van der Waals surface area contributed by atoms with E-state index < -0.39 is 21.8 Å². The van der Waals surface area contributed by atoms with Gasteiger partial charge in [0.05, 0.1) is 10.5 Å². The lowest BCUT2D eigenvalue weighted by molar-refractivity contribution is -0.137. The minimum Gasteiger partial charge on any atom is -0.368 e. The Labute approximate surface area is 186 Å². The molecule has 0 aliphatic carbocycles. The lowest BCUT2D eigenvalue weighted by Crippen LogP contribution is -2.49. The molecule has 1 saturated heterocycles. The summed E-state index contributed by atoms with van der Waals surface area (Å²) in [5, 5.41) is 0. The first-order valence-corrected chi connectivity index (χ1v) is 11.7. The molecule has 0 radical (unpaired) electrons. The lowest BCUT2D eigenvalue weighted by atomic mass is 10.1. The molecule has 174 valence electrons. The molecule has 1 aliphatic heterocycles. The zero-order valence-electron chi connectivity index (χ0n) is 17.9. The Morgan fingerprint density at radius 3 is 2.31 bits per heavy atom. The molecule has 10 heteroatoms. The Hall–Kier alpha value is -2.59. The van der Waals surface area contributed by atoms with Crippen molar-refractivity contribution in [2.45, 2.75) is 31.3 Å². The first-order chi connectivity index (χ1) is 15.0. The molecule has 0 atom stereocenters. The van der Waals surface area contributed by atoms with Crippen molar-refractivity contribution < 1.29 is 26.4 Å². The maximum absolute atomic E-state index is 12.9. The van der Waals surface area contributed by atoms with Crippen LogP contribution in [-0.4, -0.2) is 51.9 Å². The number of carbonyl (C=O) groups excluding carboxylic acids is 1. The number of alkyl halides is 3. The summed E-state index contributed by atoms with van der Waals surface area (Å²) in [4.78, 5) is 16.0. The second-order valence-corrected chi connectivity index (χ2v) is 9.58. The molecular formula is C22H26F3N3O3S. The predicted octanol–water partition coefficient (Wildman–Crippen LogP) is 3.34. The van der Waals surface area contributed by atoms with Gasteiger partial charge in [0.1, 0.15) is 0 Å². The highest BCUT2D eigenvalue weighted by Crippen LogP contribution is 2.31. The van der Waals surface area contributed by atoms with Crippen LogP contribution in [0.5, 0.6) is 0 Å². The lowest BCUT2D eigenvalue weighted by Gasteiger charge is -2.36. The van der Waals surface area contributed by atoms with E-state index in [4.69, 9.17) is 0 Å². The number of aryl methyl sites for hydroxylation is 2. The molecule has 0 aromatic heterocycles. The number of halogens is 3. The highest BCUT2D eigenvalue weighted by molar-refractivity contribution is 7.89. The number of piperazine rings is 1. The van der Waals surface area contributed by atoms with E-state index in [1.54, 1.807) is 28.0 Å². The van der Waals surface area contributed by atoms with Gasteiger partial charge in [-0.2, -0.15) is 13.2 Å². The first-order valence-electron chi connectivity index (χ1n) is 10.2. The Kier molecular flexibility index (Phi) is 7.14. The molecule has 6 nitrogen and oxygen atoms in total. The molecule has 1 aliphatic rings. The third kappa shape index (κ3) is 5.80. The van der Waals surface area contributed by atoms with Crippen LogP contribution >= 0.6 is 0 Å². The maximum Gasteiger partial charge on any atom is 0.416 e. The predicted molar refractivity (Wildman–Crippen MR) is 116 cm³/mol. The molecule has 2 aromatic carbocycles. The van der Waals surface area contributed by atoms with Crippen LogP contribution in [0.3, 0.4) is 0 Å². The summed E-state index contributed by atoms with van der Waals surface area (Å²) >= 11 is 0. The molecule has 1 N–H and O–H groups in total. The topological polar surface area (TPSA) is 69.7 Å². The number of hydrogen-bond donors (Lipinski definition) is 1. The first kappa shape index (κ1) is 24.1. The number of hydrogen-bond acceptors (Lipinski definition) is 4. The number of rotatable bonds is 6. The largest absolute Gasteiger partial charge is 0.416 e. The van der Waals surface area contributed by atoms with E-state index in [9.17, 15) is 26.4 Å². The van der Waals surface area contributed by atoms with E-state index >= 15 is 0 Å². The molecule has 0 saturated carbocycles. The van der Waals surface area contributed by atoms with Crippen molar-refractivity contribution in [1.29, 1.82) is 0 Å². The van der Waals surface area contributed by atoms with Crippen LogP contribution in [0.1, 0.15) is 23.1 Å². The van der Waals surface area contributed by atoms with Crippen molar-refractivity contribution in [3.05, 3.63) is 59.2 Å². The fourth-order valence-corrected chi connectivity index (χ4v) is 4.62. The minimum atomic E-state index is -4.40. The van der Waals surface area contributed by atoms with E-state index in [0.29, 0.717) is 31.9 Å². The van der Waals surface area contributed by atoms with Gasteiger partial charge in [-0.3, -0.25) is 4.79 Å². The van der Waals surface area contributed by atoms with Gasteiger partial charge in [-0.15, -0.1) is 0 Å². The van der Waals surface area contributed by atoms with Gasteiger partial charge < -0.3 is 9.80 Å². The van der Waals surface area contributed by atoms with Gasteiger partial charge in [-0.05, 0) is 55.3 Å². The summed E-state index contributed by atoms with van der Waals surface area (Å²) in [6.07, 6.45) is -4.40. The molecule has 3 rings (SSSR count). The molecule has 1 fully saturated rings. The smallest absolute Gasteiger partial charge is 0.368 e. The molecular weight excluding hydrogens is 443 g/mol. The van der Waals surface area contributed by atoms with Gasteiger partial charge in [-0.25, -0.2) is 13.1 Å². The van der Waals surface area contributed by atoms with Crippen LogP contribution in [-0.2, 0) is 21.0 Å². The summed E-state index contributed by atoms with van der Waals surface area (Å²) in [6.45, 7) is 5.23. The fourth-order valence-electron chi connectivity index (χ4n) is 3.51. The van der Waals surface area contributed by atoms with Gasteiger partial charge >= 0.3 is 6.18 Å². The number of sulfonamides is 1. The van der Waals surface area contributed by atoms with Gasteiger partial charge in [0.25, 0.3) is 0 Å². The average molecular weight is 470 g/mol. The van der Waals surface area contributed by atoms with Gasteiger partial charge in [0.2, 0.25) is 15.9 Å². The van der Waals surface area contributed by atoms with Crippen molar-refractivity contribution in [3.8, 4) is 0 Å². The number of nitrogens with one attached hydrogen (secondary N) is 1. The Morgan fingerprint density at radius 2 is 1.69 bits per heavy atom. The van der Waals surface area contributed by atoms with E-state index in [1.807, 2.05) is 13.8 Å². The van der Waals surface area contributed by atoms with E-state index in [-0.39, 0.29) is 23.8 Å². The number of carbonyl (C=O) groups is 1. The Bertz CT molecular complexity index is 1080. The fraction of sp³-hybridized carbons (Fsp3) is 0.409. The third-order valence-corrected chi connectivity index (χ3v) is 7.05. The van der Waals surface area contributed by atoms with Crippen LogP contribution < -0.4 is 9.62 Å². The molecule has 2 aromatic rings. The SMILES string of the molecule is Cc1ccc(S(=O)(=O)NCCC(=O)N2CCN(c3cccc(C(F)(F)F)c3)CC2)cc1C. The monoisotopic (exact) mass is 469 g/mol. The molecule has 0 bridgehead atoms. The Balaban J connectivity index is 1.50. The molecule has 0 spiro atoms. The van der Waals surface area contributed by atoms with Crippen LogP contribution in [0.4, 0.5) is 18.9 Å². The van der Waals surface area contributed by atoms with Crippen molar-refractivity contribution >= 4 is 21.6 Å². The highest BCUT2D eigenvalue weighted by Gasteiger charge is 2.31. The van der Waals surface area contributed by atoms with Crippen molar-refractivity contribution in [2.75, 3.05) is 37.6 Å². The summed E-state index contributed by atoms with van der Waals surface area (Å²) in [7, 11) is -3.71. The van der Waals surface area contributed by atoms with Crippen molar-refractivity contribution in [1.82, 2.24) is 9.62 Å². The van der Waals surface area contributed by atoms with Gasteiger partial charge in [-0.1, -0.05) is 12.1 Å². The van der Waals surface area contributed by atoms with Gasteiger partial charge in [0.15, 0.2) is 0 Å². The number of nitrogens with zero attached hydrogens (tertiary/aromatic N) is 2.